The molecular weight excluding hydrogens is 242 g/mol. The van der Waals surface area contributed by atoms with Crippen LogP contribution in [0.4, 0.5) is 11.4 Å². The van der Waals surface area contributed by atoms with E-state index in [1.807, 2.05) is 6.07 Å². The number of nitro groups is 1. The molecule has 0 aliphatic heterocycles. The lowest BCUT2D eigenvalue weighted by Gasteiger charge is -2.03. The number of thioether (sulfide) groups is 1. The van der Waals surface area contributed by atoms with E-state index < -0.39 is 4.92 Å². The zero-order chi connectivity index (χ0) is 12.7. The quantitative estimate of drug-likeness (QED) is 0.489. The van der Waals surface area contributed by atoms with E-state index in [0.717, 1.165) is 0 Å². The van der Waals surface area contributed by atoms with Crippen LogP contribution in [0.5, 0.6) is 0 Å². The Bertz CT molecular complexity index is 470. The Hall–Kier alpha value is -2.07. The van der Waals surface area contributed by atoms with Crippen molar-refractivity contribution in [2.45, 2.75) is 0 Å². The lowest BCUT2D eigenvalue weighted by atomic mass is 10.3. The molecule has 1 aromatic rings. The molecule has 0 unspecified atom stereocenters. The van der Waals surface area contributed by atoms with Crippen molar-refractivity contribution in [3.05, 3.63) is 34.4 Å². The third kappa shape index (κ3) is 4.53. The largest absolute Gasteiger partial charge is 0.325 e. The standard InChI is InChI=1S/C10H9N3O3S/c11-4-5-17-7-10(14)12-8-2-1-3-9(6-8)13(15)16/h1-3,6H,5,7H2,(H,12,14). The van der Waals surface area contributed by atoms with Crippen LogP contribution >= 0.6 is 11.8 Å². The van der Waals surface area contributed by atoms with E-state index >= 15 is 0 Å². The van der Waals surface area contributed by atoms with Crippen molar-refractivity contribution in [1.29, 1.82) is 5.26 Å². The van der Waals surface area contributed by atoms with E-state index in [9.17, 15) is 14.9 Å². The van der Waals surface area contributed by atoms with Gasteiger partial charge in [0.1, 0.15) is 0 Å². The molecule has 1 aromatic carbocycles. The maximum Gasteiger partial charge on any atom is 0.271 e. The molecule has 17 heavy (non-hydrogen) atoms. The first kappa shape index (κ1) is 13.0. The maximum absolute atomic E-state index is 11.4. The molecule has 0 spiro atoms. The summed E-state index contributed by atoms with van der Waals surface area (Å²) < 4.78 is 0. The zero-order valence-corrected chi connectivity index (χ0v) is 9.57. The Morgan fingerprint density at radius 3 is 3.00 bits per heavy atom. The molecule has 0 atom stereocenters. The highest BCUT2D eigenvalue weighted by atomic mass is 32.2. The number of carbonyl (C=O) groups excluding carboxylic acids is 1. The number of hydrogen-bond acceptors (Lipinski definition) is 5. The van der Waals surface area contributed by atoms with Crippen LogP contribution in [0.15, 0.2) is 24.3 Å². The van der Waals surface area contributed by atoms with Gasteiger partial charge in [0.05, 0.1) is 22.5 Å². The van der Waals surface area contributed by atoms with E-state index in [0.29, 0.717) is 5.69 Å². The number of nitro benzene ring substituents is 1. The molecule has 0 bridgehead atoms. The van der Waals surface area contributed by atoms with Gasteiger partial charge in [-0.25, -0.2) is 0 Å². The predicted molar refractivity (Wildman–Crippen MR) is 64.7 cm³/mol. The first-order valence-electron chi connectivity index (χ1n) is 4.62. The van der Waals surface area contributed by atoms with Gasteiger partial charge in [0, 0.05) is 17.8 Å². The summed E-state index contributed by atoms with van der Waals surface area (Å²) in [6.07, 6.45) is 0. The van der Waals surface area contributed by atoms with Gasteiger partial charge in [-0.15, -0.1) is 11.8 Å². The molecule has 1 amide bonds. The van der Waals surface area contributed by atoms with Gasteiger partial charge in [-0.2, -0.15) is 5.26 Å². The molecule has 0 aromatic heterocycles. The Balaban J connectivity index is 2.57. The normalized spacial score (nSPS) is 9.35. The van der Waals surface area contributed by atoms with Crippen molar-refractivity contribution in [2.75, 3.05) is 16.8 Å². The summed E-state index contributed by atoms with van der Waals surface area (Å²) in [5.74, 6) is 0.101. The van der Waals surface area contributed by atoms with Crippen LogP contribution in [0.25, 0.3) is 0 Å². The van der Waals surface area contributed by atoms with Gasteiger partial charge in [0.2, 0.25) is 5.91 Å². The lowest BCUT2D eigenvalue weighted by molar-refractivity contribution is -0.384. The molecule has 88 valence electrons. The number of nitriles is 1. The Morgan fingerprint density at radius 2 is 2.35 bits per heavy atom. The molecule has 0 aliphatic rings. The van der Waals surface area contributed by atoms with Crippen molar-refractivity contribution >= 4 is 29.0 Å². The topological polar surface area (TPSA) is 96.0 Å². The molecule has 0 saturated carbocycles. The van der Waals surface area contributed by atoms with Crippen LogP contribution in [0, 0.1) is 21.4 Å². The minimum atomic E-state index is -0.528. The van der Waals surface area contributed by atoms with Crippen LogP contribution in [0.3, 0.4) is 0 Å². The summed E-state index contributed by atoms with van der Waals surface area (Å²) in [6.45, 7) is 0. The summed E-state index contributed by atoms with van der Waals surface area (Å²) in [7, 11) is 0. The van der Waals surface area contributed by atoms with Crippen molar-refractivity contribution in [3.63, 3.8) is 0 Å². The smallest absolute Gasteiger partial charge is 0.271 e. The van der Waals surface area contributed by atoms with Crippen LogP contribution in [0.2, 0.25) is 0 Å². The lowest BCUT2D eigenvalue weighted by Crippen LogP contribution is -2.14. The number of nitrogens with zero attached hydrogens (tertiary/aromatic N) is 2. The molecule has 0 heterocycles. The van der Waals surface area contributed by atoms with Gasteiger partial charge in [0.15, 0.2) is 0 Å². The molecule has 0 fully saturated rings. The van der Waals surface area contributed by atoms with E-state index in [4.69, 9.17) is 5.26 Å². The Kier molecular flexibility index (Phi) is 4.97. The SMILES string of the molecule is N#CCSCC(=O)Nc1cccc([N+](=O)[O-])c1. The summed E-state index contributed by atoms with van der Waals surface area (Å²) >= 11 is 1.18. The third-order valence-electron chi connectivity index (χ3n) is 1.74. The molecular formula is C10H9N3O3S. The monoisotopic (exact) mass is 251 g/mol. The van der Waals surface area contributed by atoms with E-state index in [1.165, 1.54) is 30.0 Å². The Labute approximate surface area is 102 Å². The summed E-state index contributed by atoms with van der Waals surface area (Å²) in [5.41, 5.74) is 0.300. The summed E-state index contributed by atoms with van der Waals surface area (Å²) in [5, 5.41) is 21.3. The fraction of sp³-hybridized carbons (Fsp3) is 0.200. The number of benzene rings is 1. The number of nitrogens with one attached hydrogen (secondary N) is 1. The van der Waals surface area contributed by atoms with E-state index in [1.54, 1.807) is 6.07 Å². The van der Waals surface area contributed by atoms with E-state index in [-0.39, 0.29) is 23.1 Å². The molecule has 0 aliphatic carbocycles. The fourth-order valence-corrected chi connectivity index (χ4v) is 1.53. The summed E-state index contributed by atoms with van der Waals surface area (Å²) in [4.78, 5) is 21.3. The van der Waals surface area contributed by atoms with Crippen LogP contribution in [-0.2, 0) is 4.79 Å². The Morgan fingerprint density at radius 1 is 1.59 bits per heavy atom. The average molecular weight is 251 g/mol. The first-order chi connectivity index (χ1) is 8.13. The first-order valence-corrected chi connectivity index (χ1v) is 5.78. The van der Waals surface area contributed by atoms with Gasteiger partial charge in [-0.05, 0) is 6.07 Å². The van der Waals surface area contributed by atoms with Gasteiger partial charge < -0.3 is 5.32 Å². The van der Waals surface area contributed by atoms with Crippen LogP contribution in [-0.4, -0.2) is 22.3 Å². The van der Waals surface area contributed by atoms with Crippen LogP contribution in [0.1, 0.15) is 0 Å². The molecule has 6 nitrogen and oxygen atoms in total. The van der Waals surface area contributed by atoms with Gasteiger partial charge in [0.25, 0.3) is 5.69 Å². The van der Waals surface area contributed by atoms with Crippen molar-refractivity contribution < 1.29 is 9.72 Å². The van der Waals surface area contributed by atoms with Crippen molar-refractivity contribution in [2.24, 2.45) is 0 Å². The second-order valence-corrected chi connectivity index (χ2v) is 3.99. The maximum atomic E-state index is 11.4. The minimum absolute atomic E-state index is 0.0764. The van der Waals surface area contributed by atoms with Gasteiger partial charge in [-0.3, -0.25) is 14.9 Å². The molecule has 0 saturated heterocycles. The van der Waals surface area contributed by atoms with E-state index in [2.05, 4.69) is 5.32 Å². The number of anilines is 1. The number of non-ortho nitro benzene ring substituents is 1. The molecule has 1 N–H and O–H groups in total. The second-order valence-electron chi connectivity index (χ2n) is 3.01. The van der Waals surface area contributed by atoms with Crippen LogP contribution < -0.4 is 5.32 Å². The number of amides is 1. The highest BCUT2D eigenvalue weighted by Crippen LogP contribution is 2.17. The third-order valence-corrected chi connectivity index (χ3v) is 2.54. The zero-order valence-electron chi connectivity index (χ0n) is 8.75. The van der Waals surface area contributed by atoms with Crippen molar-refractivity contribution in [3.8, 4) is 6.07 Å². The number of hydrogen-bond donors (Lipinski definition) is 1. The molecule has 1 rings (SSSR count). The molecule has 0 radical (unpaired) electrons. The number of carbonyl (C=O) groups is 1. The summed E-state index contributed by atoms with van der Waals surface area (Å²) in [6, 6.07) is 7.60. The molecule has 7 heteroatoms. The highest BCUT2D eigenvalue weighted by molar-refractivity contribution is 8.00. The highest BCUT2D eigenvalue weighted by Gasteiger charge is 2.07. The van der Waals surface area contributed by atoms with Crippen molar-refractivity contribution in [1.82, 2.24) is 0 Å². The van der Waals surface area contributed by atoms with Gasteiger partial charge >= 0.3 is 0 Å². The van der Waals surface area contributed by atoms with Gasteiger partial charge in [-0.1, -0.05) is 6.07 Å². The minimum Gasteiger partial charge on any atom is -0.325 e. The fourth-order valence-electron chi connectivity index (χ4n) is 1.08. The average Bonchev–Trinajstić information content (AvgIpc) is 2.29. The second kappa shape index (κ2) is 6.50. The predicted octanol–water partition coefficient (Wildman–Crippen LogP) is 1.79. The number of rotatable bonds is 5.